The lowest BCUT2D eigenvalue weighted by Gasteiger charge is -2.16. The van der Waals surface area contributed by atoms with Gasteiger partial charge in [0.2, 0.25) is 0 Å². The number of hydrogen-bond donors (Lipinski definition) is 0. The molecule has 118 valence electrons. The summed E-state index contributed by atoms with van der Waals surface area (Å²) < 4.78 is 5.16. The molecule has 3 rings (SSSR count). The quantitative estimate of drug-likeness (QED) is 0.807. The summed E-state index contributed by atoms with van der Waals surface area (Å²) in [6.07, 6.45) is 5.26. The van der Waals surface area contributed by atoms with Crippen LogP contribution in [0, 0.1) is 27.7 Å². The second-order valence-corrected chi connectivity index (χ2v) is 6.44. The number of benzene rings is 1. The molecule has 3 heteroatoms. The Morgan fingerprint density at radius 2 is 1.61 bits per heavy atom. The predicted molar refractivity (Wildman–Crippen MR) is 88.6 cm³/mol. The minimum absolute atomic E-state index is 0.0781. The first kappa shape index (κ1) is 15.5. The van der Waals surface area contributed by atoms with E-state index in [1.165, 1.54) is 6.08 Å². The number of aryl methyl sites for hydroxylation is 4. The van der Waals surface area contributed by atoms with Crippen LogP contribution in [-0.2, 0) is 16.0 Å². The minimum Gasteiger partial charge on any atom is -0.472 e. The van der Waals surface area contributed by atoms with E-state index in [2.05, 4.69) is 0 Å². The van der Waals surface area contributed by atoms with Gasteiger partial charge in [0.1, 0.15) is 5.92 Å². The van der Waals surface area contributed by atoms with Gasteiger partial charge in [0.05, 0.1) is 12.5 Å². The van der Waals surface area contributed by atoms with Crippen LogP contribution < -0.4 is 0 Å². The van der Waals surface area contributed by atoms with Gasteiger partial charge in [0, 0.05) is 12.0 Å². The maximum atomic E-state index is 12.8. The molecule has 0 aliphatic heterocycles. The van der Waals surface area contributed by atoms with Crippen molar-refractivity contribution in [3.05, 3.63) is 69.7 Å². The molecule has 1 aromatic heterocycles. The second kappa shape index (κ2) is 5.65. The van der Waals surface area contributed by atoms with Gasteiger partial charge in [0.25, 0.3) is 0 Å². The minimum atomic E-state index is -0.683. The smallest absolute Gasteiger partial charge is 0.174 e. The number of carbonyl (C=O) groups is 2. The van der Waals surface area contributed by atoms with Crippen molar-refractivity contribution in [3.8, 4) is 0 Å². The fraction of sp³-hybridized carbons (Fsp3) is 0.300. The van der Waals surface area contributed by atoms with Gasteiger partial charge < -0.3 is 4.42 Å². The topological polar surface area (TPSA) is 47.3 Å². The molecule has 0 amide bonds. The molecule has 0 radical (unpaired) electrons. The maximum absolute atomic E-state index is 12.8. The van der Waals surface area contributed by atoms with Gasteiger partial charge in [-0.1, -0.05) is 17.7 Å². The lowest BCUT2D eigenvalue weighted by Crippen LogP contribution is -2.18. The highest BCUT2D eigenvalue weighted by molar-refractivity contribution is 6.25. The first-order chi connectivity index (χ1) is 10.9. The Morgan fingerprint density at radius 3 is 2.17 bits per heavy atom. The average Bonchev–Trinajstić information content (AvgIpc) is 2.97. The van der Waals surface area contributed by atoms with Crippen molar-refractivity contribution in [1.29, 1.82) is 0 Å². The fourth-order valence-corrected chi connectivity index (χ4v) is 3.47. The number of hydrogen-bond acceptors (Lipinski definition) is 3. The van der Waals surface area contributed by atoms with E-state index in [-0.39, 0.29) is 11.6 Å². The summed E-state index contributed by atoms with van der Waals surface area (Å²) in [6.45, 7) is 7.89. The van der Waals surface area contributed by atoms with Gasteiger partial charge in [-0.05, 0) is 61.6 Å². The third kappa shape index (κ3) is 2.67. The molecule has 0 saturated heterocycles. The number of carbonyl (C=O) groups excluding carboxylic acids is 2. The molecule has 2 aromatic rings. The van der Waals surface area contributed by atoms with Crippen LogP contribution in [0.2, 0.25) is 0 Å². The number of Topliss-reactive ketones (excluding diaryl/α,β-unsaturated/α-hetero) is 1. The lowest BCUT2D eigenvalue weighted by molar-refractivity contribution is -0.122. The summed E-state index contributed by atoms with van der Waals surface area (Å²) >= 11 is 0. The highest BCUT2D eigenvalue weighted by atomic mass is 16.3. The number of rotatable bonds is 3. The van der Waals surface area contributed by atoms with Crippen LogP contribution in [0.4, 0.5) is 0 Å². The number of furan rings is 1. The molecule has 0 fully saturated rings. The zero-order valence-corrected chi connectivity index (χ0v) is 13.9. The maximum Gasteiger partial charge on any atom is 0.174 e. The van der Waals surface area contributed by atoms with Crippen molar-refractivity contribution >= 4 is 11.6 Å². The molecule has 23 heavy (non-hydrogen) atoms. The molecule has 1 aliphatic rings. The van der Waals surface area contributed by atoms with Crippen molar-refractivity contribution in [2.24, 2.45) is 0 Å². The third-order valence-corrected chi connectivity index (χ3v) is 4.55. The molecule has 1 heterocycles. The summed E-state index contributed by atoms with van der Waals surface area (Å²) in [5, 5.41) is 0. The molecular formula is C20H20O3. The molecule has 1 aromatic carbocycles. The average molecular weight is 308 g/mol. The van der Waals surface area contributed by atoms with E-state index in [0.717, 1.165) is 33.4 Å². The summed E-state index contributed by atoms with van der Waals surface area (Å²) in [5.41, 5.74) is 6.54. The van der Waals surface area contributed by atoms with Crippen LogP contribution in [0.3, 0.4) is 0 Å². The second-order valence-electron chi connectivity index (χ2n) is 6.44. The van der Waals surface area contributed by atoms with E-state index >= 15 is 0 Å². The Morgan fingerprint density at radius 1 is 0.957 bits per heavy atom. The Balaban J connectivity index is 1.95. The van der Waals surface area contributed by atoms with Crippen molar-refractivity contribution in [2.45, 2.75) is 40.0 Å². The standard InChI is InChI=1S/C20H20O3/c1-11-5-12(2)18(13(3)6-11)19-17(21)8-15(20(19)22)7-16-10-23-9-14(16)4/h5-6,8-10,19H,7H2,1-4H3. The molecule has 3 nitrogen and oxygen atoms in total. The molecule has 0 bridgehead atoms. The molecular weight excluding hydrogens is 288 g/mol. The van der Waals surface area contributed by atoms with E-state index in [4.69, 9.17) is 4.42 Å². The third-order valence-electron chi connectivity index (χ3n) is 4.55. The molecule has 0 N–H and O–H groups in total. The number of ketones is 2. The van der Waals surface area contributed by atoms with Crippen molar-refractivity contribution in [3.63, 3.8) is 0 Å². The van der Waals surface area contributed by atoms with Gasteiger partial charge in [0.15, 0.2) is 11.6 Å². The molecule has 1 aliphatic carbocycles. The number of allylic oxidation sites excluding steroid dienone is 2. The highest BCUT2D eigenvalue weighted by Crippen LogP contribution is 2.34. The van der Waals surface area contributed by atoms with E-state index < -0.39 is 5.92 Å². The van der Waals surface area contributed by atoms with Crippen LogP contribution in [0.25, 0.3) is 0 Å². The van der Waals surface area contributed by atoms with Crippen molar-refractivity contribution in [1.82, 2.24) is 0 Å². The largest absolute Gasteiger partial charge is 0.472 e. The van der Waals surface area contributed by atoms with Crippen LogP contribution in [-0.4, -0.2) is 11.6 Å². The van der Waals surface area contributed by atoms with Crippen LogP contribution >= 0.6 is 0 Å². The van der Waals surface area contributed by atoms with Gasteiger partial charge >= 0.3 is 0 Å². The highest BCUT2D eigenvalue weighted by Gasteiger charge is 2.37. The van der Waals surface area contributed by atoms with Crippen LogP contribution in [0.1, 0.15) is 39.3 Å². The summed E-state index contributed by atoms with van der Waals surface area (Å²) in [4.78, 5) is 25.3. The Kier molecular flexibility index (Phi) is 3.80. The SMILES string of the molecule is Cc1cc(C)c(C2C(=O)C=C(Cc3cocc3C)C2=O)c(C)c1. The molecule has 0 saturated carbocycles. The first-order valence-electron chi connectivity index (χ1n) is 7.76. The Bertz CT molecular complexity index is 813. The first-order valence-corrected chi connectivity index (χ1v) is 7.76. The van der Waals surface area contributed by atoms with E-state index in [1.54, 1.807) is 12.5 Å². The van der Waals surface area contributed by atoms with Crippen LogP contribution in [0.5, 0.6) is 0 Å². The zero-order valence-electron chi connectivity index (χ0n) is 13.9. The normalized spacial score (nSPS) is 17.7. The fourth-order valence-electron chi connectivity index (χ4n) is 3.47. The zero-order chi connectivity index (χ0) is 16.7. The van der Waals surface area contributed by atoms with Gasteiger partial charge in [-0.25, -0.2) is 0 Å². The predicted octanol–water partition coefficient (Wildman–Crippen LogP) is 3.92. The van der Waals surface area contributed by atoms with Gasteiger partial charge in [-0.2, -0.15) is 0 Å². The van der Waals surface area contributed by atoms with Crippen molar-refractivity contribution < 1.29 is 14.0 Å². The Hall–Kier alpha value is -2.42. The summed E-state index contributed by atoms with van der Waals surface area (Å²) in [5.74, 6) is -0.871. The monoisotopic (exact) mass is 308 g/mol. The van der Waals surface area contributed by atoms with Gasteiger partial charge in [-0.3, -0.25) is 9.59 Å². The van der Waals surface area contributed by atoms with Gasteiger partial charge in [-0.15, -0.1) is 0 Å². The molecule has 1 unspecified atom stereocenters. The summed E-state index contributed by atoms with van der Waals surface area (Å²) in [7, 11) is 0. The van der Waals surface area contributed by atoms with Crippen LogP contribution in [0.15, 0.2) is 40.7 Å². The van der Waals surface area contributed by atoms with E-state index in [1.807, 2.05) is 39.8 Å². The lowest BCUT2D eigenvalue weighted by atomic mass is 9.85. The molecule has 0 spiro atoms. The van der Waals surface area contributed by atoms with E-state index in [9.17, 15) is 9.59 Å². The summed E-state index contributed by atoms with van der Waals surface area (Å²) in [6, 6.07) is 4.06. The van der Waals surface area contributed by atoms with E-state index in [0.29, 0.717) is 12.0 Å². The Labute approximate surface area is 136 Å². The van der Waals surface area contributed by atoms with Crippen molar-refractivity contribution in [2.75, 3.05) is 0 Å². The molecule has 1 atom stereocenters.